The zero-order valence-electron chi connectivity index (χ0n) is 18.3. The zero-order valence-corrected chi connectivity index (χ0v) is 22.9. The van der Waals surface area contributed by atoms with Gasteiger partial charge in [-0.25, -0.2) is 12.2 Å². The first-order valence-corrected chi connectivity index (χ1v) is 13.8. The molecule has 2 aromatic rings. The Morgan fingerprint density at radius 1 is 0.600 bits per heavy atom. The number of hydrogen-bond acceptors (Lipinski definition) is 0. The van der Waals surface area contributed by atoms with Crippen LogP contribution in [0.4, 0.5) is 0 Å². The first-order chi connectivity index (χ1) is 14.2. The molecule has 0 fully saturated rings. The fraction of sp³-hybridized carbons (Fsp3) is 0.385. The minimum absolute atomic E-state index is 0.281. The predicted molar refractivity (Wildman–Crippen MR) is 124 cm³/mol. The Kier molecular flexibility index (Phi) is 11.8. The van der Waals surface area contributed by atoms with Crippen LogP contribution in [-0.2, 0) is 36.4 Å². The molecule has 4 heteroatoms. The van der Waals surface area contributed by atoms with Crippen molar-refractivity contribution in [1.29, 1.82) is 0 Å². The first-order valence-electron chi connectivity index (χ1n) is 9.78. The molecule has 4 rings (SSSR count). The van der Waals surface area contributed by atoms with Crippen LogP contribution < -0.4 is 0 Å². The van der Waals surface area contributed by atoms with E-state index in [1.807, 2.05) is 0 Å². The minimum atomic E-state index is 0.281. The van der Waals surface area contributed by atoms with Gasteiger partial charge in [0.05, 0.1) is 0 Å². The summed E-state index contributed by atoms with van der Waals surface area (Å²) in [6.45, 7) is 13.6. The summed E-state index contributed by atoms with van der Waals surface area (Å²) in [5.41, 5.74) is 6.08. The van der Waals surface area contributed by atoms with Crippen LogP contribution in [0.1, 0.15) is 75.6 Å². The molecule has 0 heterocycles. The molecule has 0 aromatic heterocycles. The summed E-state index contributed by atoms with van der Waals surface area (Å²) in [5.74, 6) is 0.924. The van der Waals surface area contributed by atoms with Crippen LogP contribution in [0.2, 0.25) is 0 Å². The Morgan fingerprint density at radius 2 is 0.900 bits per heavy atom. The van der Waals surface area contributed by atoms with Gasteiger partial charge in [-0.1, -0.05) is 89.8 Å². The summed E-state index contributed by atoms with van der Waals surface area (Å²) in [6, 6.07) is 17.1. The molecule has 0 N–H and O–H groups in total. The van der Waals surface area contributed by atoms with Crippen molar-refractivity contribution in [2.75, 3.05) is 0 Å². The van der Waals surface area contributed by atoms with Crippen molar-refractivity contribution < 1.29 is 36.4 Å². The van der Waals surface area contributed by atoms with Crippen molar-refractivity contribution in [3.63, 3.8) is 0 Å². The molecule has 168 valence electrons. The fourth-order valence-electron chi connectivity index (χ4n) is 3.77. The second-order valence-electron chi connectivity index (χ2n) is 9.48. The van der Waals surface area contributed by atoms with Crippen LogP contribution in [-0.4, -0.2) is 0 Å². The summed E-state index contributed by atoms with van der Waals surface area (Å²) in [7, 11) is 8.98. The van der Waals surface area contributed by atoms with Gasteiger partial charge in [-0.05, 0) is 10.8 Å². The molecule has 0 amide bonds. The van der Waals surface area contributed by atoms with E-state index < -0.39 is 0 Å². The van der Waals surface area contributed by atoms with Gasteiger partial charge >= 0.3 is 55.4 Å². The van der Waals surface area contributed by atoms with E-state index in [2.05, 4.69) is 170 Å². The van der Waals surface area contributed by atoms with Crippen LogP contribution in [0.3, 0.4) is 0 Å². The van der Waals surface area contributed by atoms with Gasteiger partial charge in [-0.15, -0.1) is 23.3 Å². The molecule has 30 heavy (non-hydrogen) atoms. The SMILES string of the molecule is CC(C)(C)C1[C-]=Cc2ccccc21.CC(C)(C)C1[C-]=Cc2ccccc21.[Cl][Pd+].[Cl][Pd+]. The summed E-state index contributed by atoms with van der Waals surface area (Å²) in [5, 5.41) is 0. The van der Waals surface area contributed by atoms with Crippen LogP contribution in [0.25, 0.3) is 12.2 Å². The third-order valence-corrected chi connectivity index (χ3v) is 5.16. The quantitative estimate of drug-likeness (QED) is 0.203. The Bertz CT molecular complexity index is 771. The number of halogens is 2. The second-order valence-corrected chi connectivity index (χ2v) is 9.48. The molecule has 0 spiro atoms. The Hall–Kier alpha value is -0.175. The van der Waals surface area contributed by atoms with E-state index in [9.17, 15) is 0 Å². The van der Waals surface area contributed by atoms with Crippen molar-refractivity contribution >= 4 is 31.2 Å². The third-order valence-electron chi connectivity index (χ3n) is 5.16. The molecule has 2 aliphatic rings. The first kappa shape index (κ1) is 27.9. The number of benzene rings is 2. The molecule has 0 aliphatic heterocycles. The van der Waals surface area contributed by atoms with Gasteiger partial charge in [-0.3, -0.25) is 12.2 Å². The average molecular weight is 626 g/mol. The molecule has 0 bridgehead atoms. The molecule has 2 aromatic carbocycles. The van der Waals surface area contributed by atoms with Crippen molar-refractivity contribution in [2.45, 2.75) is 53.4 Å². The molecule has 0 nitrogen and oxygen atoms in total. The zero-order chi connectivity index (χ0) is 22.9. The number of hydrogen-bond donors (Lipinski definition) is 0. The fourth-order valence-corrected chi connectivity index (χ4v) is 3.77. The van der Waals surface area contributed by atoms with Gasteiger partial charge in [0.1, 0.15) is 0 Å². The van der Waals surface area contributed by atoms with Crippen LogP contribution in [0.15, 0.2) is 48.5 Å². The predicted octanol–water partition coefficient (Wildman–Crippen LogP) is 8.67. The third kappa shape index (κ3) is 7.45. The van der Waals surface area contributed by atoms with E-state index in [4.69, 9.17) is 0 Å². The molecule has 0 saturated carbocycles. The number of rotatable bonds is 0. The van der Waals surface area contributed by atoms with Crippen molar-refractivity contribution in [2.24, 2.45) is 10.8 Å². The maximum atomic E-state index is 4.49. The summed E-state index contributed by atoms with van der Waals surface area (Å²) >= 11 is 4.44. The Morgan fingerprint density at radius 3 is 1.20 bits per heavy atom. The molecular weight excluding hydrogens is 596 g/mol. The van der Waals surface area contributed by atoms with E-state index in [1.54, 1.807) is 0 Å². The van der Waals surface area contributed by atoms with E-state index in [-0.39, 0.29) is 10.8 Å². The molecule has 0 saturated heterocycles. The molecule has 2 atom stereocenters. The normalized spacial score (nSPS) is 18.1. The monoisotopic (exact) mass is 624 g/mol. The molecule has 2 aliphatic carbocycles. The van der Waals surface area contributed by atoms with Crippen molar-refractivity contribution in [3.8, 4) is 0 Å². The average Bonchev–Trinajstić information content (AvgIpc) is 3.35. The van der Waals surface area contributed by atoms with E-state index in [0.717, 1.165) is 0 Å². The Balaban J connectivity index is 0.000000258. The van der Waals surface area contributed by atoms with Crippen molar-refractivity contribution in [1.82, 2.24) is 0 Å². The standard InChI is InChI=1S/2C13H15.2ClH.2Pd/c2*1-13(2,3)12-9-8-10-6-4-5-7-11(10)12;;;;/h2*4-8,12H,1-3H3;2*1H;;/q2*-1;;;2*+2/p-2. The van der Waals surface area contributed by atoms with Crippen LogP contribution in [0, 0.1) is 23.0 Å². The van der Waals surface area contributed by atoms with Gasteiger partial charge in [0, 0.05) is 0 Å². The summed E-state index contributed by atoms with van der Waals surface area (Å²) < 4.78 is 0. The second kappa shape index (κ2) is 12.8. The Labute approximate surface area is 213 Å². The number of allylic oxidation sites excluding steroid dienone is 2. The molecule has 2 unspecified atom stereocenters. The van der Waals surface area contributed by atoms with Crippen molar-refractivity contribution in [3.05, 3.63) is 82.9 Å². The molecule has 0 radical (unpaired) electrons. The van der Waals surface area contributed by atoms with Crippen LogP contribution in [0.5, 0.6) is 0 Å². The van der Waals surface area contributed by atoms with Gasteiger partial charge in [-0.2, -0.15) is 11.1 Å². The van der Waals surface area contributed by atoms with Gasteiger partial charge in [0.25, 0.3) is 0 Å². The van der Waals surface area contributed by atoms with Crippen LogP contribution >= 0.6 is 19.1 Å². The number of fused-ring (bicyclic) bond motifs is 2. The topological polar surface area (TPSA) is 0 Å². The summed E-state index contributed by atoms with van der Waals surface area (Å²) in [4.78, 5) is 0. The molecular formula is C26H30Cl2Pd2. The summed E-state index contributed by atoms with van der Waals surface area (Å²) in [6.07, 6.45) is 11.1. The maximum absolute atomic E-state index is 4.49. The van der Waals surface area contributed by atoms with E-state index >= 15 is 0 Å². The van der Waals surface area contributed by atoms with E-state index in [1.165, 1.54) is 22.3 Å². The van der Waals surface area contributed by atoms with Gasteiger partial charge < -0.3 is 0 Å². The van der Waals surface area contributed by atoms with Gasteiger partial charge in [0.15, 0.2) is 0 Å². The van der Waals surface area contributed by atoms with Gasteiger partial charge in [0.2, 0.25) is 0 Å². The van der Waals surface area contributed by atoms with E-state index in [0.29, 0.717) is 11.8 Å².